The molecule has 5 rings (SSSR count). The van der Waals surface area contributed by atoms with Crippen LogP contribution in [-0.4, -0.2) is 29.6 Å². The third-order valence-electron chi connectivity index (χ3n) is 9.06. The predicted octanol–water partition coefficient (Wildman–Crippen LogP) is 4.50. The number of allylic oxidation sites excluding steroid dienone is 1. The summed E-state index contributed by atoms with van der Waals surface area (Å²) in [7, 11) is 0. The van der Waals surface area contributed by atoms with Gasteiger partial charge in [0.25, 0.3) is 0 Å². The average Bonchev–Trinajstić information content (AvgIpc) is 3.27. The Morgan fingerprint density at radius 1 is 1.23 bits per heavy atom. The van der Waals surface area contributed by atoms with E-state index in [9.17, 15) is 10.5 Å². The van der Waals surface area contributed by atoms with E-state index in [-0.39, 0.29) is 18.1 Å². The molecule has 0 aromatic heterocycles. The van der Waals surface area contributed by atoms with Crippen LogP contribution in [0, 0.1) is 35.0 Å². The van der Waals surface area contributed by atoms with Crippen LogP contribution in [0.1, 0.15) is 58.3 Å². The summed E-state index contributed by atoms with van der Waals surface area (Å²) < 4.78 is 6.41. The van der Waals surface area contributed by atoms with Crippen LogP contribution in [0.25, 0.3) is 5.41 Å². The fourth-order valence-electron chi connectivity index (χ4n) is 8.06. The number of rotatable bonds is 2. The molecule has 1 spiro atoms. The molecule has 1 aliphatic heterocycles. The molecule has 0 aromatic carbocycles. The predicted molar refractivity (Wildman–Crippen MR) is 104 cm³/mol. The molecular weight excluding hydrogens is 322 g/mol. The molecule has 0 saturated heterocycles. The van der Waals surface area contributed by atoms with E-state index in [4.69, 9.17) is 4.74 Å². The van der Waals surface area contributed by atoms with Gasteiger partial charge in [-0.15, -0.1) is 0 Å². The molecule has 5 aliphatic rings. The topological polar surface area (TPSA) is 51.8 Å². The summed E-state index contributed by atoms with van der Waals surface area (Å²) in [6.07, 6.45) is 15.9. The van der Waals surface area contributed by atoms with Crippen LogP contribution in [0.5, 0.6) is 0 Å². The fraction of sp³-hybridized carbons (Fsp3) is 0.783. The van der Waals surface area contributed by atoms with Crippen LogP contribution in [0.3, 0.4) is 0 Å². The normalized spacial score (nSPS) is 49.7. The van der Waals surface area contributed by atoms with E-state index in [1.807, 2.05) is 6.08 Å². The van der Waals surface area contributed by atoms with Gasteiger partial charge < -0.3 is 15.3 Å². The zero-order chi connectivity index (χ0) is 17.9. The third-order valence-corrected chi connectivity index (χ3v) is 9.06. The molecule has 3 heteroatoms. The number of ether oxygens (including phenoxy) is 1. The molecule has 3 nitrogen and oxygen atoms in total. The summed E-state index contributed by atoms with van der Waals surface area (Å²) in [6.45, 7) is 3.39. The lowest BCUT2D eigenvalue weighted by molar-refractivity contribution is -0.126. The standard InChI is InChI=1S/C23H32NO2/c1-2-22-9-6-18-17-5-4-16(24)13-19(17)15(14-25)12-20(18)21(22)7-10-23(22)8-3-11-26-23/h3,8,13,15,17-18,20-21,25H,2,4-7,9-12,14H2,1H3/q-1/t15?,17-,18?,20?,21?,22?,23?/m1/s1. The first-order valence-corrected chi connectivity index (χ1v) is 10.8. The minimum atomic E-state index is -0.0131. The first kappa shape index (κ1) is 17.2. The molecule has 0 aromatic rings. The molecule has 7 atom stereocenters. The average molecular weight is 355 g/mol. The summed E-state index contributed by atoms with van der Waals surface area (Å²) in [5.74, 6) is 2.99. The maximum absolute atomic E-state index is 10.1. The van der Waals surface area contributed by atoms with Crippen LogP contribution in [0.4, 0.5) is 0 Å². The number of fused-ring (bicyclic) bond motifs is 6. The number of nitrogens with zero attached hydrogens (tertiary/aromatic N) is 1. The maximum atomic E-state index is 10.1. The molecule has 4 aliphatic carbocycles. The molecule has 1 N–H and O–H groups in total. The van der Waals surface area contributed by atoms with Crippen molar-refractivity contribution in [1.82, 2.24) is 0 Å². The van der Waals surface area contributed by atoms with E-state index in [0.717, 1.165) is 37.7 Å². The minimum absolute atomic E-state index is 0.0131. The van der Waals surface area contributed by atoms with E-state index < -0.39 is 0 Å². The number of aliphatic hydroxyl groups is 1. The Morgan fingerprint density at radius 2 is 2.12 bits per heavy atom. The lowest BCUT2D eigenvalue weighted by Crippen LogP contribution is -2.54. The van der Waals surface area contributed by atoms with Gasteiger partial charge in [-0.2, -0.15) is 5.71 Å². The maximum Gasteiger partial charge on any atom is 0.0926 e. The first-order valence-electron chi connectivity index (χ1n) is 10.8. The summed E-state index contributed by atoms with van der Waals surface area (Å²) in [5, 5.41) is 20.2. The Labute approximate surface area is 157 Å². The Kier molecular flexibility index (Phi) is 3.99. The molecule has 3 saturated carbocycles. The molecular formula is C23H32NO2-. The van der Waals surface area contributed by atoms with Gasteiger partial charge in [-0.05, 0) is 75.0 Å². The van der Waals surface area contributed by atoms with Gasteiger partial charge in [0.15, 0.2) is 0 Å². The van der Waals surface area contributed by atoms with Crippen molar-refractivity contribution >= 4 is 5.71 Å². The van der Waals surface area contributed by atoms with Crippen LogP contribution < -0.4 is 0 Å². The summed E-state index contributed by atoms with van der Waals surface area (Å²) in [6, 6.07) is 0. The van der Waals surface area contributed by atoms with E-state index in [0.29, 0.717) is 23.0 Å². The van der Waals surface area contributed by atoms with Gasteiger partial charge in [0.2, 0.25) is 0 Å². The number of hydrogen-bond acceptors (Lipinski definition) is 2. The Hall–Kier alpha value is -0.930. The van der Waals surface area contributed by atoms with Crippen molar-refractivity contribution in [1.29, 1.82) is 0 Å². The van der Waals surface area contributed by atoms with Crippen molar-refractivity contribution in [2.75, 3.05) is 13.2 Å². The zero-order valence-corrected chi connectivity index (χ0v) is 16.0. The van der Waals surface area contributed by atoms with Crippen molar-refractivity contribution in [3.8, 4) is 0 Å². The molecule has 0 amide bonds. The van der Waals surface area contributed by atoms with Crippen LogP contribution in [0.15, 0.2) is 23.8 Å². The van der Waals surface area contributed by atoms with E-state index in [1.54, 1.807) is 0 Å². The second-order valence-corrected chi connectivity index (χ2v) is 9.52. The number of aliphatic hydroxyl groups excluding tert-OH is 1. The molecule has 0 bridgehead atoms. The second kappa shape index (κ2) is 6.04. The van der Waals surface area contributed by atoms with Gasteiger partial charge in [-0.25, -0.2) is 0 Å². The third kappa shape index (κ3) is 2.10. The minimum Gasteiger partial charge on any atom is -0.808 e. The van der Waals surface area contributed by atoms with Gasteiger partial charge >= 0.3 is 0 Å². The molecule has 142 valence electrons. The largest absolute Gasteiger partial charge is 0.808 e. The van der Waals surface area contributed by atoms with E-state index in [2.05, 4.69) is 19.1 Å². The monoisotopic (exact) mass is 354 g/mol. The van der Waals surface area contributed by atoms with E-state index >= 15 is 0 Å². The van der Waals surface area contributed by atoms with Crippen LogP contribution >= 0.6 is 0 Å². The Bertz CT molecular complexity index is 667. The number of hydrogen-bond donors (Lipinski definition) is 1. The van der Waals surface area contributed by atoms with Crippen LogP contribution in [-0.2, 0) is 4.74 Å². The van der Waals surface area contributed by atoms with Gasteiger partial charge in [0, 0.05) is 17.9 Å². The lowest BCUT2D eigenvalue weighted by atomic mass is 9.48. The Balaban J connectivity index is 1.52. The summed E-state index contributed by atoms with van der Waals surface area (Å²) in [4.78, 5) is 0. The highest BCUT2D eigenvalue weighted by molar-refractivity contribution is 5.99. The highest BCUT2D eigenvalue weighted by Gasteiger charge is 2.65. The summed E-state index contributed by atoms with van der Waals surface area (Å²) >= 11 is 0. The lowest BCUT2D eigenvalue weighted by Gasteiger charge is -2.58. The van der Waals surface area contributed by atoms with Gasteiger partial charge in [-0.3, -0.25) is 0 Å². The quantitative estimate of drug-likeness (QED) is 0.742. The molecule has 3 fully saturated rings. The van der Waals surface area contributed by atoms with Gasteiger partial charge in [-0.1, -0.05) is 30.7 Å². The van der Waals surface area contributed by atoms with Gasteiger partial charge in [0.1, 0.15) is 0 Å². The molecule has 26 heavy (non-hydrogen) atoms. The smallest absolute Gasteiger partial charge is 0.0926 e. The highest BCUT2D eigenvalue weighted by atomic mass is 16.5. The van der Waals surface area contributed by atoms with Crippen molar-refractivity contribution in [2.45, 2.75) is 63.9 Å². The van der Waals surface area contributed by atoms with Crippen molar-refractivity contribution < 1.29 is 9.84 Å². The fourth-order valence-corrected chi connectivity index (χ4v) is 8.06. The van der Waals surface area contributed by atoms with Crippen molar-refractivity contribution in [3.05, 3.63) is 29.2 Å². The molecule has 1 heterocycles. The van der Waals surface area contributed by atoms with Gasteiger partial charge in [0.05, 0.1) is 12.2 Å². The molecule has 0 radical (unpaired) electrons. The summed E-state index contributed by atoms with van der Waals surface area (Å²) in [5.41, 5.74) is 2.16. The Morgan fingerprint density at radius 3 is 2.85 bits per heavy atom. The zero-order valence-electron chi connectivity index (χ0n) is 16.0. The SMILES string of the molecule is CCC12CCC3C(CC(CO)C4=CC(=[N-])CC[C@@H]43)C1CCC21C=CCO1. The highest BCUT2D eigenvalue weighted by Crippen LogP contribution is 2.68. The van der Waals surface area contributed by atoms with Crippen molar-refractivity contribution in [3.63, 3.8) is 0 Å². The second-order valence-electron chi connectivity index (χ2n) is 9.52. The van der Waals surface area contributed by atoms with Crippen LogP contribution in [0.2, 0.25) is 0 Å². The first-order chi connectivity index (χ1) is 12.6. The van der Waals surface area contributed by atoms with Crippen molar-refractivity contribution in [2.24, 2.45) is 35.0 Å². The molecule has 6 unspecified atom stereocenters. The van der Waals surface area contributed by atoms with E-state index in [1.165, 1.54) is 37.7 Å².